The molecule has 5 nitrogen and oxygen atoms in total. The van der Waals surface area contributed by atoms with E-state index in [0.29, 0.717) is 0 Å². The van der Waals surface area contributed by atoms with Crippen molar-refractivity contribution in [3.8, 4) is 22.3 Å². The first-order valence-electron chi connectivity index (χ1n) is 10.5. The van der Waals surface area contributed by atoms with Gasteiger partial charge in [-0.15, -0.1) is 11.3 Å². The smallest absolute Gasteiger partial charge is 0.308 e. The second-order valence-corrected chi connectivity index (χ2v) is 8.61. The first kappa shape index (κ1) is 19.7. The van der Waals surface area contributed by atoms with Crippen LogP contribution in [0.3, 0.4) is 0 Å². The van der Waals surface area contributed by atoms with E-state index in [4.69, 9.17) is 4.74 Å². The van der Waals surface area contributed by atoms with Crippen LogP contribution in [0.25, 0.3) is 32.5 Å². The molecular formula is C25H23N3O2S. The second-order valence-electron chi connectivity index (χ2n) is 7.75. The number of fused-ring (bicyclic) bond motifs is 1. The highest BCUT2D eigenvalue weighted by molar-refractivity contribution is 7.17. The Morgan fingerprint density at radius 3 is 2.35 bits per heavy atom. The van der Waals surface area contributed by atoms with Crippen LogP contribution in [-0.4, -0.2) is 36.1 Å². The number of rotatable bonds is 4. The van der Waals surface area contributed by atoms with Crippen molar-refractivity contribution < 1.29 is 9.53 Å². The van der Waals surface area contributed by atoms with Crippen LogP contribution in [0.2, 0.25) is 0 Å². The van der Waals surface area contributed by atoms with Crippen molar-refractivity contribution in [2.75, 3.05) is 25.1 Å². The summed E-state index contributed by atoms with van der Waals surface area (Å²) in [7, 11) is 1.46. The molecule has 156 valence electrons. The molecule has 0 atom stereocenters. The van der Waals surface area contributed by atoms with E-state index in [1.54, 1.807) is 17.7 Å². The Bertz CT molecular complexity index is 1200. The topological polar surface area (TPSA) is 55.3 Å². The molecule has 6 heteroatoms. The summed E-state index contributed by atoms with van der Waals surface area (Å²) < 4.78 is 4.93. The van der Waals surface area contributed by atoms with E-state index in [9.17, 15) is 4.79 Å². The van der Waals surface area contributed by atoms with Crippen LogP contribution in [0.4, 0.5) is 5.82 Å². The van der Waals surface area contributed by atoms with Gasteiger partial charge in [0, 0.05) is 24.0 Å². The van der Waals surface area contributed by atoms with Gasteiger partial charge in [-0.3, -0.25) is 4.79 Å². The molecule has 5 rings (SSSR count). The Kier molecular flexibility index (Phi) is 5.38. The van der Waals surface area contributed by atoms with Crippen LogP contribution in [0.1, 0.15) is 12.8 Å². The monoisotopic (exact) mass is 429 g/mol. The number of piperidine rings is 1. The maximum absolute atomic E-state index is 11.9. The zero-order valence-corrected chi connectivity index (χ0v) is 18.1. The number of methoxy groups -OCH3 is 1. The number of esters is 1. The lowest BCUT2D eigenvalue weighted by Gasteiger charge is -2.32. The van der Waals surface area contributed by atoms with Crippen LogP contribution in [-0.2, 0) is 9.53 Å². The summed E-state index contributed by atoms with van der Waals surface area (Å²) >= 11 is 1.64. The third kappa shape index (κ3) is 3.79. The number of carbonyl (C=O) groups excluding carboxylic acids is 1. The van der Waals surface area contributed by atoms with E-state index in [1.165, 1.54) is 18.2 Å². The van der Waals surface area contributed by atoms with Gasteiger partial charge in [-0.2, -0.15) is 0 Å². The summed E-state index contributed by atoms with van der Waals surface area (Å²) in [5.74, 6) is 0.824. The predicted octanol–water partition coefficient (Wildman–Crippen LogP) is 5.41. The lowest BCUT2D eigenvalue weighted by atomic mass is 9.96. The van der Waals surface area contributed by atoms with Crippen LogP contribution < -0.4 is 4.90 Å². The Hall–Kier alpha value is -3.25. The molecule has 0 radical (unpaired) electrons. The Morgan fingerprint density at radius 2 is 1.65 bits per heavy atom. The summed E-state index contributed by atoms with van der Waals surface area (Å²) in [6.45, 7) is 1.57. The summed E-state index contributed by atoms with van der Waals surface area (Å²) in [5.41, 5.74) is 4.73. The summed E-state index contributed by atoms with van der Waals surface area (Å²) in [4.78, 5) is 24.3. The molecule has 1 aliphatic heterocycles. The fraction of sp³-hybridized carbons (Fsp3) is 0.240. The molecule has 0 aliphatic carbocycles. The van der Waals surface area contributed by atoms with Gasteiger partial charge >= 0.3 is 5.97 Å². The SMILES string of the molecule is COC(=O)C1CCN(c2ncnc3scc(-c4ccc(-c5ccccc5)cc4)c23)CC1. The molecule has 2 aromatic heterocycles. The molecule has 1 saturated heterocycles. The van der Waals surface area contributed by atoms with Gasteiger partial charge in [-0.1, -0.05) is 54.6 Å². The largest absolute Gasteiger partial charge is 0.469 e. The molecule has 4 aromatic rings. The molecule has 0 amide bonds. The van der Waals surface area contributed by atoms with Crippen molar-refractivity contribution in [1.82, 2.24) is 9.97 Å². The summed E-state index contributed by atoms with van der Waals surface area (Å²) in [5, 5.41) is 3.26. The maximum Gasteiger partial charge on any atom is 0.308 e. The fourth-order valence-corrected chi connectivity index (χ4v) is 5.19. The van der Waals surface area contributed by atoms with Gasteiger partial charge in [-0.05, 0) is 29.5 Å². The number of benzene rings is 2. The third-order valence-electron chi connectivity index (χ3n) is 5.98. The molecule has 0 saturated carbocycles. The normalized spacial score (nSPS) is 14.7. The second kappa shape index (κ2) is 8.47. The molecule has 0 unspecified atom stereocenters. The molecule has 0 N–H and O–H groups in total. The van der Waals surface area contributed by atoms with Crippen molar-refractivity contribution in [2.45, 2.75) is 12.8 Å². The average Bonchev–Trinajstić information content (AvgIpc) is 3.29. The molecular weight excluding hydrogens is 406 g/mol. The highest BCUT2D eigenvalue weighted by Gasteiger charge is 2.28. The molecule has 31 heavy (non-hydrogen) atoms. The maximum atomic E-state index is 11.9. The van der Waals surface area contributed by atoms with Crippen molar-refractivity contribution in [3.05, 3.63) is 66.3 Å². The van der Waals surface area contributed by atoms with Crippen LogP contribution in [0.15, 0.2) is 66.3 Å². The first-order valence-corrected chi connectivity index (χ1v) is 11.3. The highest BCUT2D eigenvalue weighted by atomic mass is 32.1. The summed E-state index contributed by atoms with van der Waals surface area (Å²) in [6.07, 6.45) is 3.20. The quantitative estimate of drug-likeness (QED) is 0.406. The van der Waals surface area contributed by atoms with Crippen molar-refractivity contribution in [3.63, 3.8) is 0 Å². The minimum atomic E-state index is -0.109. The lowest BCUT2D eigenvalue weighted by molar-refractivity contribution is -0.146. The van der Waals surface area contributed by atoms with Gasteiger partial charge < -0.3 is 9.64 Å². The average molecular weight is 430 g/mol. The third-order valence-corrected chi connectivity index (χ3v) is 6.87. The molecule has 1 aliphatic rings. The van der Waals surface area contributed by atoms with Crippen molar-refractivity contribution >= 4 is 33.3 Å². The number of aromatic nitrogens is 2. The van der Waals surface area contributed by atoms with E-state index in [-0.39, 0.29) is 11.9 Å². The molecule has 1 fully saturated rings. The van der Waals surface area contributed by atoms with Crippen LogP contribution in [0, 0.1) is 5.92 Å². The van der Waals surface area contributed by atoms with Gasteiger partial charge in [0.25, 0.3) is 0 Å². The number of hydrogen-bond acceptors (Lipinski definition) is 6. The van der Waals surface area contributed by atoms with Gasteiger partial charge in [0.1, 0.15) is 17.0 Å². The zero-order chi connectivity index (χ0) is 21.2. The molecule has 2 aromatic carbocycles. The van der Waals surface area contributed by atoms with Gasteiger partial charge in [0.2, 0.25) is 0 Å². The Morgan fingerprint density at radius 1 is 0.968 bits per heavy atom. The van der Waals surface area contributed by atoms with E-state index in [2.05, 4.69) is 68.8 Å². The number of hydrogen-bond donors (Lipinski definition) is 0. The Labute approximate surface area is 185 Å². The molecule has 0 spiro atoms. The number of ether oxygens (including phenoxy) is 1. The van der Waals surface area contributed by atoms with E-state index >= 15 is 0 Å². The fourth-order valence-electron chi connectivity index (χ4n) is 4.28. The minimum absolute atomic E-state index is 0.0222. The van der Waals surface area contributed by atoms with Crippen LogP contribution in [0.5, 0.6) is 0 Å². The number of thiophene rings is 1. The van der Waals surface area contributed by atoms with Gasteiger partial charge in [0.15, 0.2) is 0 Å². The van der Waals surface area contributed by atoms with Crippen molar-refractivity contribution in [1.29, 1.82) is 0 Å². The minimum Gasteiger partial charge on any atom is -0.469 e. The molecule has 0 bridgehead atoms. The number of nitrogens with zero attached hydrogens (tertiary/aromatic N) is 3. The standard InChI is InChI=1S/C25H23N3O2S/c1-30-25(29)20-11-13-28(14-12-20)23-22-21(15-31-24(22)27-16-26-23)19-9-7-18(8-10-19)17-5-3-2-4-6-17/h2-10,15-16,20H,11-14H2,1H3. The molecule has 3 heterocycles. The van der Waals surface area contributed by atoms with E-state index in [1.807, 2.05) is 6.07 Å². The Balaban J connectivity index is 1.47. The van der Waals surface area contributed by atoms with Gasteiger partial charge in [0.05, 0.1) is 18.4 Å². The van der Waals surface area contributed by atoms with Gasteiger partial charge in [-0.25, -0.2) is 9.97 Å². The first-order chi connectivity index (χ1) is 15.2. The van der Waals surface area contributed by atoms with E-state index < -0.39 is 0 Å². The zero-order valence-electron chi connectivity index (χ0n) is 17.3. The van der Waals surface area contributed by atoms with Crippen molar-refractivity contribution in [2.24, 2.45) is 5.92 Å². The van der Waals surface area contributed by atoms with Crippen LogP contribution >= 0.6 is 11.3 Å². The lowest BCUT2D eigenvalue weighted by Crippen LogP contribution is -2.37. The highest BCUT2D eigenvalue weighted by Crippen LogP contribution is 2.39. The predicted molar refractivity (Wildman–Crippen MR) is 125 cm³/mol. The number of anilines is 1. The number of carbonyl (C=O) groups is 1. The summed E-state index contributed by atoms with van der Waals surface area (Å²) in [6, 6.07) is 19.1. The van der Waals surface area contributed by atoms with E-state index in [0.717, 1.165) is 53.1 Å².